The van der Waals surface area contributed by atoms with Crippen LogP contribution in [-0.4, -0.2) is 32.2 Å². The third kappa shape index (κ3) is 2.94. The predicted octanol–water partition coefficient (Wildman–Crippen LogP) is 4.54. The second-order valence-electron chi connectivity index (χ2n) is 5.98. The van der Waals surface area contributed by atoms with Gasteiger partial charge in [0.2, 0.25) is 5.95 Å². The van der Waals surface area contributed by atoms with Crippen molar-refractivity contribution in [2.75, 3.05) is 5.32 Å². The second kappa shape index (κ2) is 5.98. The van der Waals surface area contributed by atoms with E-state index in [2.05, 4.69) is 25.3 Å². The highest BCUT2D eigenvalue weighted by atomic mass is 19.4. The molecule has 0 saturated carbocycles. The number of aromatic amines is 1. The Kier molecular flexibility index (Phi) is 3.75. The molecule has 0 bridgehead atoms. The van der Waals surface area contributed by atoms with Crippen LogP contribution in [0.25, 0.3) is 33.1 Å². The van der Waals surface area contributed by atoms with Gasteiger partial charge in [0, 0.05) is 34.9 Å². The highest BCUT2D eigenvalue weighted by Crippen LogP contribution is 2.30. The number of nitrogens with zero attached hydrogens (tertiary/aromatic N) is 3. The van der Waals surface area contributed by atoms with Crippen LogP contribution in [-0.2, 0) is 0 Å². The highest BCUT2D eigenvalue weighted by molar-refractivity contribution is 5.96. The molecule has 0 fully saturated rings. The fourth-order valence-corrected chi connectivity index (χ4v) is 2.73. The van der Waals surface area contributed by atoms with Crippen LogP contribution in [0.3, 0.4) is 0 Å². The van der Waals surface area contributed by atoms with Gasteiger partial charge in [0.1, 0.15) is 11.7 Å². The molecule has 0 aliphatic rings. The summed E-state index contributed by atoms with van der Waals surface area (Å²) in [5, 5.41) is 4.00. The molecule has 1 aromatic carbocycles. The van der Waals surface area contributed by atoms with E-state index in [-0.39, 0.29) is 5.95 Å². The molecule has 2 N–H and O–H groups in total. The molecule has 0 saturated heterocycles. The number of H-pyrrole nitrogens is 1. The Morgan fingerprint density at radius 3 is 2.81 bits per heavy atom. The molecule has 0 radical (unpaired) electrons. The van der Waals surface area contributed by atoms with Gasteiger partial charge in [0.25, 0.3) is 0 Å². The molecule has 1 atom stereocenters. The van der Waals surface area contributed by atoms with Crippen molar-refractivity contribution in [1.82, 2.24) is 19.9 Å². The van der Waals surface area contributed by atoms with Crippen LogP contribution in [0.4, 0.5) is 19.1 Å². The number of pyridine rings is 1. The van der Waals surface area contributed by atoms with E-state index in [4.69, 9.17) is 0 Å². The zero-order chi connectivity index (χ0) is 18.3. The number of nitrogens with one attached hydrogen (secondary N) is 2. The summed E-state index contributed by atoms with van der Waals surface area (Å²) in [5.74, 6) is -0.0709. The average molecular weight is 357 g/mol. The molecule has 0 aliphatic carbocycles. The Hall–Kier alpha value is -3.16. The van der Waals surface area contributed by atoms with Crippen LogP contribution in [0.1, 0.15) is 6.92 Å². The van der Waals surface area contributed by atoms with Gasteiger partial charge in [0.05, 0.1) is 5.52 Å². The number of hydrogen-bond acceptors (Lipinski definition) is 4. The molecule has 4 aromatic rings. The zero-order valence-corrected chi connectivity index (χ0v) is 13.7. The van der Waals surface area contributed by atoms with Gasteiger partial charge in [0.15, 0.2) is 0 Å². The van der Waals surface area contributed by atoms with Gasteiger partial charge in [-0.05, 0) is 30.7 Å². The maximum Gasteiger partial charge on any atom is 0.408 e. The van der Waals surface area contributed by atoms with Crippen molar-refractivity contribution < 1.29 is 13.2 Å². The van der Waals surface area contributed by atoms with Crippen LogP contribution >= 0.6 is 0 Å². The first-order valence-corrected chi connectivity index (χ1v) is 7.94. The lowest BCUT2D eigenvalue weighted by Crippen LogP contribution is -2.33. The largest absolute Gasteiger partial charge is 0.408 e. The summed E-state index contributed by atoms with van der Waals surface area (Å²) < 4.78 is 38.0. The van der Waals surface area contributed by atoms with Crippen molar-refractivity contribution in [2.24, 2.45) is 0 Å². The Morgan fingerprint density at radius 2 is 2.00 bits per heavy atom. The van der Waals surface area contributed by atoms with Gasteiger partial charge in [-0.2, -0.15) is 18.2 Å². The number of fused-ring (bicyclic) bond motifs is 2. The first kappa shape index (κ1) is 16.3. The normalized spacial score (nSPS) is 13.2. The van der Waals surface area contributed by atoms with Crippen molar-refractivity contribution in [3.63, 3.8) is 0 Å². The molecule has 3 heterocycles. The molecule has 26 heavy (non-hydrogen) atoms. The molecular formula is C18H14F3N5. The molecule has 3 aromatic heterocycles. The standard InChI is InChI=1S/C18H14F3N5/c1-10(18(19,20)21)25-17-24-9-14-13(8-23-16(14)26-17)11-4-5-15-12(7-11)3-2-6-22-15/h2-10H,1H3,(H2,23,24,25,26)/t10-/m0/s1. The van der Waals surface area contributed by atoms with Gasteiger partial charge in [-0.1, -0.05) is 12.1 Å². The minimum atomic E-state index is -4.36. The molecule has 0 spiro atoms. The first-order valence-electron chi connectivity index (χ1n) is 7.94. The van der Waals surface area contributed by atoms with E-state index < -0.39 is 12.2 Å². The van der Waals surface area contributed by atoms with E-state index in [1.165, 1.54) is 6.20 Å². The van der Waals surface area contributed by atoms with Crippen LogP contribution in [0.2, 0.25) is 0 Å². The number of halogens is 3. The van der Waals surface area contributed by atoms with Gasteiger partial charge < -0.3 is 10.3 Å². The van der Waals surface area contributed by atoms with Crippen LogP contribution in [0.15, 0.2) is 48.9 Å². The minimum Gasteiger partial charge on any atom is -0.345 e. The third-order valence-electron chi connectivity index (χ3n) is 4.18. The number of alkyl halides is 3. The van der Waals surface area contributed by atoms with Crippen molar-refractivity contribution in [2.45, 2.75) is 19.1 Å². The molecule has 0 aliphatic heterocycles. The predicted molar refractivity (Wildman–Crippen MR) is 93.8 cm³/mol. The average Bonchev–Trinajstić information content (AvgIpc) is 3.03. The summed E-state index contributed by atoms with van der Waals surface area (Å²) >= 11 is 0. The van der Waals surface area contributed by atoms with E-state index in [0.717, 1.165) is 34.3 Å². The monoisotopic (exact) mass is 357 g/mol. The van der Waals surface area contributed by atoms with E-state index in [1.54, 1.807) is 12.4 Å². The molecule has 0 amide bonds. The Labute approximate surface area is 146 Å². The fourth-order valence-electron chi connectivity index (χ4n) is 2.73. The maximum atomic E-state index is 12.7. The quantitative estimate of drug-likeness (QED) is 0.565. The second-order valence-corrected chi connectivity index (χ2v) is 5.98. The van der Waals surface area contributed by atoms with Crippen molar-refractivity contribution in [3.8, 4) is 11.1 Å². The topological polar surface area (TPSA) is 66.5 Å². The Morgan fingerprint density at radius 1 is 1.15 bits per heavy atom. The number of aromatic nitrogens is 4. The molecule has 8 heteroatoms. The molecule has 0 unspecified atom stereocenters. The first-order chi connectivity index (χ1) is 12.4. The van der Waals surface area contributed by atoms with Gasteiger partial charge in [-0.3, -0.25) is 4.98 Å². The smallest absolute Gasteiger partial charge is 0.345 e. The lowest BCUT2D eigenvalue weighted by Gasteiger charge is -2.16. The summed E-state index contributed by atoms with van der Waals surface area (Å²) in [4.78, 5) is 15.5. The van der Waals surface area contributed by atoms with Gasteiger partial charge in [-0.25, -0.2) is 4.98 Å². The lowest BCUT2D eigenvalue weighted by molar-refractivity contribution is -0.138. The fraction of sp³-hybridized carbons (Fsp3) is 0.167. The number of anilines is 1. The zero-order valence-electron chi connectivity index (χ0n) is 13.7. The van der Waals surface area contributed by atoms with E-state index >= 15 is 0 Å². The minimum absolute atomic E-state index is 0.0709. The SMILES string of the molecule is C[C@H](Nc1ncc2c(-c3ccc4ncccc4c3)c[nH]c2n1)C(F)(F)F. The van der Waals surface area contributed by atoms with Gasteiger partial charge >= 0.3 is 6.18 Å². The lowest BCUT2D eigenvalue weighted by atomic mass is 10.0. The van der Waals surface area contributed by atoms with E-state index in [0.29, 0.717) is 5.65 Å². The van der Waals surface area contributed by atoms with Crippen LogP contribution < -0.4 is 5.32 Å². The highest BCUT2D eigenvalue weighted by Gasteiger charge is 2.36. The summed E-state index contributed by atoms with van der Waals surface area (Å²) in [6.45, 7) is 1.02. The molecule has 5 nitrogen and oxygen atoms in total. The van der Waals surface area contributed by atoms with Crippen molar-refractivity contribution in [1.29, 1.82) is 0 Å². The Balaban J connectivity index is 1.71. The third-order valence-corrected chi connectivity index (χ3v) is 4.18. The number of benzene rings is 1. The van der Waals surface area contributed by atoms with Crippen LogP contribution in [0, 0.1) is 0 Å². The van der Waals surface area contributed by atoms with Gasteiger partial charge in [-0.15, -0.1) is 0 Å². The van der Waals surface area contributed by atoms with E-state index in [1.807, 2.05) is 30.3 Å². The van der Waals surface area contributed by atoms with Crippen molar-refractivity contribution in [3.05, 3.63) is 48.9 Å². The number of hydrogen-bond donors (Lipinski definition) is 2. The summed E-state index contributed by atoms with van der Waals surface area (Å²) in [5.41, 5.74) is 3.18. The molecule has 132 valence electrons. The Bertz CT molecular complexity index is 1090. The summed E-state index contributed by atoms with van der Waals surface area (Å²) in [6, 6.07) is 7.97. The maximum absolute atomic E-state index is 12.7. The van der Waals surface area contributed by atoms with Crippen LogP contribution in [0.5, 0.6) is 0 Å². The molecule has 4 rings (SSSR count). The molecular weight excluding hydrogens is 343 g/mol. The van der Waals surface area contributed by atoms with Crippen molar-refractivity contribution >= 4 is 27.9 Å². The van der Waals surface area contributed by atoms with E-state index in [9.17, 15) is 13.2 Å². The summed E-state index contributed by atoms with van der Waals surface area (Å²) in [7, 11) is 0. The number of rotatable bonds is 3. The summed E-state index contributed by atoms with van der Waals surface area (Å²) in [6.07, 6.45) is 0.664.